The van der Waals surface area contributed by atoms with Crippen LogP contribution in [0.25, 0.3) is 0 Å². The number of benzene rings is 1. The number of nitrogens with two attached hydrogens (primary N) is 1. The van der Waals surface area contributed by atoms with Crippen molar-refractivity contribution in [1.82, 2.24) is 4.72 Å². The maximum Gasteiger partial charge on any atom is 0.241 e. The van der Waals surface area contributed by atoms with E-state index in [4.69, 9.17) is 10.5 Å². The molecule has 0 amide bonds. The molecule has 0 heterocycles. The van der Waals surface area contributed by atoms with Gasteiger partial charge in [0.1, 0.15) is 5.75 Å². The molecule has 1 aromatic carbocycles. The van der Waals surface area contributed by atoms with Crippen molar-refractivity contribution in [3.8, 4) is 5.75 Å². The van der Waals surface area contributed by atoms with Gasteiger partial charge in [0, 0.05) is 11.0 Å². The molecule has 0 aromatic heterocycles. The molecule has 110 valence electrons. The minimum atomic E-state index is -3.49. The lowest BCUT2D eigenvalue weighted by atomic mass is 10.3. The number of hydrogen-bond acceptors (Lipinski definition) is 4. The Labute approximate surface area is 128 Å². The molecule has 0 aliphatic carbocycles. The van der Waals surface area contributed by atoms with Crippen molar-refractivity contribution in [3.05, 3.63) is 22.7 Å². The van der Waals surface area contributed by atoms with E-state index in [2.05, 4.69) is 20.7 Å². The summed E-state index contributed by atoms with van der Waals surface area (Å²) in [6, 6.07) is 4.74. The highest BCUT2D eigenvalue weighted by Crippen LogP contribution is 2.26. The third-order valence-electron chi connectivity index (χ3n) is 2.35. The van der Waals surface area contributed by atoms with Gasteiger partial charge < -0.3 is 10.5 Å². The molecular formula is C11H18BrClN2O3S. The van der Waals surface area contributed by atoms with Gasteiger partial charge in [0.2, 0.25) is 10.0 Å². The number of hydrogen-bond donors (Lipinski definition) is 2. The molecule has 0 spiro atoms. The zero-order valence-electron chi connectivity index (χ0n) is 10.6. The molecule has 0 atom stereocenters. The number of unbranched alkanes of at least 4 members (excludes halogenated alkanes) is 1. The van der Waals surface area contributed by atoms with Gasteiger partial charge in [-0.05, 0) is 53.5 Å². The lowest BCUT2D eigenvalue weighted by molar-refractivity contribution is 0.414. The van der Waals surface area contributed by atoms with Crippen LogP contribution < -0.4 is 15.2 Å². The van der Waals surface area contributed by atoms with Crippen molar-refractivity contribution in [3.63, 3.8) is 0 Å². The van der Waals surface area contributed by atoms with Crippen molar-refractivity contribution in [1.29, 1.82) is 0 Å². The summed E-state index contributed by atoms with van der Waals surface area (Å²) >= 11 is 3.23. The van der Waals surface area contributed by atoms with Gasteiger partial charge in [0.15, 0.2) is 0 Å². The summed E-state index contributed by atoms with van der Waals surface area (Å²) in [4.78, 5) is 0.205. The summed E-state index contributed by atoms with van der Waals surface area (Å²) in [6.07, 6.45) is 1.52. The summed E-state index contributed by atoms with van der Waals surface area (Å²) in [5.74, 6) is 0.601. The van der Waals surface area contributed by atoms with Crippen LogP contribution in [0.15, 0.2) is 27.6 Å². The summed E-state index contributed by atoms with van der Waals surface area (Å²) in [5.41, 5.74) is 5.35. The van der Waals surface area contributed by atoms with Gasteiger partial charge in [-0.25, -0.2) is 13.1 Å². The molecule has 19 heavy (non-hydrogen) atoms. The Kier molecular flexibility index (Phi) is 8.60. The summed E-state index contributed by atoms with van der Waals surface area (Å²) < 4.78 is 32.0. The van der Waals surface area contributed by atoms with Gasteiger partial charge in [-0.15, -0.1) is 12.4 Å². The molecule has 0 saturated carbocycles. The maximum absolute atomic E-state index is 12.0. The first-order valence-electron chi connectivity index (χ1n) is 5.54. The lowest BCUT2D eigenvalue weighted by Gasteiger charge is -2.09. The molecular weight excluding hydrogens is 356 g/mol. The van der Waals surface area contributed by atoms with Crippen LogP contribution >= 0.6 is 28.3 Å². The maximum atomic E-state index is 12.0. The van der Waals surface area contributed by atoms with Crippen molar-refractivity contribution in [2.75, 3.05) is 20.2 Å². The first kappa shape index (κ1) is 18.7. The Bertz CT molecular complexity index is 497. The normalized spacial score (nSPS) is 10.9. The van der Waals surface area contributed by atoms with E-state index in [1.54, 1.807) is 12.1 Å². The van der Waals surface area contributed by atoms with E-state index in [1.807, 2.05) is 0 Å². The van der Waals surface area contributed by atoms with Crippen LogP contribution in [-0.4, -0.2) is 28.6 Å². The van der Waals surface area contributed by atoms with Crippen LogP contribution in [-0.2, 0) is 10.0 Å². The van der Waals surface area contributed by atoms with Gasteiger partial charge in [-0.3, -0.25) is 0 Å². The van der Waals surface area contributed by atoms with E-state index in [1.165, 1.54) is 13.2 Å². The summed E-state index contributed by atoms with van der Waals surface area (Å²) in [5, 5.41) is 0. The van der Waals surface area contributed by atoms with Crippen molar-refractivity contribution < 1.29 is 13.2 Å². The highest BCUT2D eigenvalue weighted by atomic mass is 79.9. The summed E-state index contributed by atoms with van der Waals surface area (Å²) in [7, 11) is -1.96. The van der Waals surface area contributed by atoms with Crippen LogP contribution in [0.3, 0.4) is 0 Å². The third-order valence-corrected chi connectivity index (χ3v) is 4.79. The minimum Gasteiger partial charge on any atom is -0.497 e. The van der Waals surface area contributed by atoms with E-state index in [9.17, 15) is 8.42 Å². The molecule has 3 N–H and O–H groups in total. The van der Waals surface area contributed by atoms with Crippen molar-refractivity contribution >= 4 is 38.4 Å². The zero-order chi connectivity index (χ0) is 13.6. The molecule has 0 fully saturated rings. The molecule has 0 saturated heterocycles. The summed E-state index contributed by atoms with van der Waals surface area (Å²) in [6.45, 7) is 0.950. The Balaban J connectivity index is 0.00000324. The van der Waals surface area contributed by atoms with Gasteiger partial charge >= 0.3 is 0 Å². The number of halogens is 2. The Hall–Kier alpha value is -0.340. The van der Waals surface area contributed by atoms with Crippen LogP contribution in [0.1, 0.15) is 12.8 Å². The Morgan fingerprint density at radius 1 is 1.37 bits per heavy atom. The van der Waals surface area contributed by atoms with Crippen molar-refractivity contribution in [2.45, 2.75) is 17.7 Å². The predicted molar refractivity (Wildman–Crippen MR) is 81.4 cm³/mol. The highest BCUT2D eigenvalue weighted by molar-refractivity contribution is 9.10. The molecule has 0 radical (unpaired) electrons. The van der Waals surface area contributed by atoms with Crippen molar-refractivity contribution in [2.24, 2.45) is 5.73 Å². The molecule has 5 nitrogen and oxygen atoms in total. The number of sulfonamides is 1. The molecule has 0 unspecified atom stereocenters. The number of ether oxygens (including phenoxy) is 1. The molecule has 0 aliphatic rings. The van der Waals surface area contributed by atoms with E-state index in [-0.39, 0.29) is 17.3 Å². The fraction of sp³-hybridized carbons (Fsp3) is 0.455. The smallest absolute Gasteiger partial charge is 0.241 e. The van der Waals surface area contributed by atoms with Gasteiger partial charge in [0.05, 0.1) is 12.0 Å². The fourth-order valence-corrected chi connectivity index (χ4v) is 3.51. The molecule has 8 heteroatoms. The Morgan fingerprint density at radius 3 is 2.58 bits per heavy atom. The van der Waals surface area contributed by atoms with Crippen LogP contribution in [0, 0.1) is 0 Å². The Morgan fingerprint density at radius 2 is 2.05 bits per heavy atom. The number of methoxy groups -OCH3 is 1. The second-order valence-corrected chi connectivity index (χ2v) is 6.28. The highest BCUT2D eigenvalue weighted by Gasteiger charge is 2.17. The van der Waals surface area contributed by atoms with Gasteiger partial charge in [0.25, 0.3) is 0 Å². The molecule has 1 rings (SSSR count). The first-order valence-corrected chi connectivity index (χ1v) is 7.82. The largest absolute Gasteiger partial charge is 0.497 e. The standard InChI is InChI=1S/C11H17BrN2O3S.ClH/c1-17-9-4-5-11(10(12)8-9)18(15,16)14-7-3-2-6-13;/h4-5,8,14H,2-3,6-7,13H2,1H3;1H. The topological polar surface area (TPSA) is 81.4 Å². The minimum absolute atomic E-state index is 0. The average molecular weight is 374 g/mol. The zero-order valence-corrected chi connectivity index (χ0v) is 13.8. The average Bonchev–Trinajstić information content (AvgIpc) is 2.34. The monoisotopic (exact) mass is 372 g/mol. The quantitative estimate of drug-likeness (QED) is 0.715. The number of nitrogens with one attached hydrogen (secondary N) is 1. The SMILES string of the molecule is COc1ccc(S(=O)(=O)NCCCCN)c(Br)c1.Cl. The predicted octanol–water partition coefficient (Wildman–Crippen LogP) is 1.90. The second kappa shape index (κ2) is 8.76. The second-order valence-electron chi connectivity index (χ2n) is 3.69. The van der Waals surface area contributed by atoms with Crippen LogP contribution in [0.5, 0.6) is 5.75 Å². The number of rotatable bonds is 7. The van der Waals surface area contributed by atoms with E-state index < -0.39 is 10.0 Å². The van der Waals surface area contributed by atoms with Gasteiger partial charge in [-0.1, -0.05) is 0 Å². The molecule has 1 aromatic rings. The first-order chi connectivity index (χ1) is 8.51. The van der Waals surface area contributed by atoms with E-state index in [0.29, 0.717) is 23.3 Å². The van der Waals surface area contributed by atoms with Gasteiger partial charge in [-0.2, -0.15) is 0 Å². The fourth-order valence-electron chi connectivity index (χ4n) is 1.38. The van der Waals surface area contributed by atoms with E-state index >= 15 is 0 Å². The molecule has 0 bridgehead atoms. The lowest BCUT2D eigenvalue weighted by Crippen LogP contribution is -2.25. The molecule has 0 aliphatic heterocycles. The van der Waals surface area contributed by atoms with Crippen LogP contribution in [0.4, 0.5) is 0 Å². The van der Waals surface area contributed by atoms with E-state index in [0.717, 1.165) is 12.8 Å². The van der Waals surface area contributed by atoms with Crippen LogP contribution in [0.2, 0.25) is 0 Å². The third kappa shape index (κ3) is 5.66.